The molecule has 0 unspecified atom stereocenters. The zero-order valence-electron chi connectivity index (χ0n) is 16.7. The monoisotopic (exact) mass is 454 g/mol. The summed E-state index contributed by atoms with van der Waals surface area (Å²) >= 11 is 1.14. The quantitative estimate of drug-likeness (QED) is 0.564. The minimum Gasteiger partial charge on any atom is -0.339 e. The molecule has 160 valence electrons. The molecule has 1 saturated heterocycles. The van der Waals surface area contributed by atoms with Gasteiger partial charge < -0.3 is 4.90 Å². The molecule has 4 rings (SSSR count). The summed E-state index contributed by atoms with van der Waals surface area (Å²) in [5.41, 5.74) is 1.61. The zero-order valence-corrected chi connectivity index (χ0v) is 18.4. The molecule has 6 nitrogen and oxygen atoms in total. The van der Waals surface area contributed by atoms with Crippen molar-refractivity contribution >= 4 is 38.7 Å². The van der Waals surface area contributed by atoms with Crippen molar-refractivity contribution in [2.24, 2.45) is 5.92 Å². The smallest absolute Gasteiger partial charge is 0.271 e. The van der Waals surface area contributed by atoms with Gasteiger partial charge in [0, 0.05) is 35.8 Å². The van der Waals surface area contributed by atoms with Gasteiger partial charge in [-0.1, -0.05) is 36.4 Å². The maximum atomic E-state index is 12.8. The van der Waals surface area contributed by atoms with Crippen molar-refractivity contribution < 1.29 is 18.0 Å². The van der Waals surface area contributed by atoms with Crippen LogP contribution in [0.1, 0.15) is 33.6 Å². The van der Waals surface area contributed by atoms with E-state index in [1.54, 1.807) is 40.6 Å². The first-order valence-electron chi connectivity index (χ1n) is 9.99. The lowest BCUT2D eigenvalue weighted by Crippen LogP contribution is -2.40. The van der Waals surface area contributed by atoms with Crippen LogP contribution >= 0.6 is 11.3 Å². The molecule has 1 N–H and O–H groups in total. The Hall–Kier alpha value is -2.97. The van der Waals surface area contributed by atoms with Crippen LogP contribution in [0.3, 0.4) is 0 Å². The number of carbonyl (C=O) groups excluding carboxylic acids is 2. The van der Waals surface area contributed by atoms with Crippen LogP contribution in [0.15, 0.2) is 76.3 Å². The van der Waals surface area contributed by atoms with E-state index in [0.717, 1.165) is 11.3 Å². The van der Waals surface area contributed by atoms with Gasteiger partial charge >= 0.3 is 0 Å². The lowest BCUT2D eigenvalue weighted by Gasteiger charge is -2.31. The Bertz CT molecular complexity index is 1150. The predicted octanol–water partition coefficient (Wildman–Crippen LogP) is 4.28. The molecule has 0 atom stereocenters. The highest BCUT2D eigenvalue weighted by Crippen LogP contribution is 2.24. The van der Waals surface area contributed by atoms with Crippen LogP contribution < -0.4 is 4.72 Å². The second kappa shape index (κ2) is 9.03. The van der Waals surface area contributed by atoms with Crippen molar-refractivity contribution in [3.8, 4) is 0 Å². The van der Waals surface area contributed by atoms with E-state index in [9.17, 15) is 18.0 Å². The summed E-state index contributed by atoms with van der Waals surface area (Å²) in [6.45, 7) is 1.05. The van der Waals surface area contributed by atoms with E-state index in [-0.39, 0.29) is 21.8 Å². The average Bonchev–Trinajstić information content (AvgIpc) is 3.35. The molecule has 0 spiro atoms. The first-order valence-corrected chi connectivity index (χ1v) is 12.4. The van der Waals surface area contributed by atoms with Gasteiger partial charge in [0.05, 0.1) is 0 Å². The minimum atomic E-state index is -3.62. The Morgan fingerprint density at radius 3 is 2.16 bits per heavy atom. The number of Topliss-reactive ketones (excluding diaryl/α,β-unsaturated/α-hetero) is 1. The fourth-order valence-corrected chi connectivity index (χ4v) is 5.72. The van der Waals surface area contributed by atoms with Crippen LogP contribution in [0.25, 0.3) is 0 Å². The second-order valence-corrected chi connectivity index (χ2v) is 10.3. The molecule has 0 radical (unpaired) electrons. The molecule has 0 aliphatic carbocycles. The number of ketones is 1. The number of sulfonamides is 1. The molecular formula is C23H22N2O4S2. The number of rotatable bonds is 6. The van der Waals surface area contributed by atoms with E-state index in [0.29, 0.717) is 42.7 Å². The van der Waals surface area contributed by atoms with Crippen LogP contribution in [0.4, 0.5) is 5.69 Å². The third-order valence-electron chi connectivity index (χ3n) is 5.36. The third kappa shape index (κ3) is 4.86. The maximum absolute atomic E-state index is 12.8. The highest BCUT2D eigenvalue weighted by Gasteiger charge is 2.28. The Morgan fingerprint density at radius 2 is 1.55 bits per heavy atom. The standard InChI is InChI=1S/C23H22N2O4S2/c26-22(17-5-2-1-3-6-17)18-12-14-25(15-13-18)23(27)19-8-10-20(11-9-19)24-31(28,29)21-7-4-16-30-21/h1-11,16,18,24H,12-15H2. The van der Waals surface area contributed by atoms with E-state index in [1.807, 2.05) is 30.3 Å². The lowest BCUT2D eigenvalue weighted by molar-refractivity contribution is 0.0650. The number of piperidine rings is 1. The molecular weight excluding hydrogens is 432 g/mol. The molecule has 1 aromatic heterocycles. The fraction of sp³-hybridized carbons (Fsp3) is 0.217. The van der Waals surface area contributed by atoms with E-state index < -0.39 is 10.0 Å². The Balaban J connectivity index is 1.35. The molecule has 2 aromatic carbocycles. The van der Waals surface area contributed by atoms with Crippen molar-refractivity contribution in [3.63, 3.8) is 0 Å². The van der Waals surface area contributed by atoms with Crippen LogP contribution in [0.2, 0.25) is 0 Å². The van der Waals surface area contributed by atoms with Gasteiger partial charge in [-0.3, -0.25) is 14.3 Å². The van der Waals surface area contributed by atoms with Crippen LogP contribution in [0.5, 0.6) is 0 Å². The van der Waals surface area contributed by atoms with Gasteiger partial charge in [0.15, 0.2) is 5.78 Å². The second-order valence-electron chi connectivity index (χ2n) is 7.41. The van der Waals surface area contributed by atoms with Crippen LogP contribution in [0, 0.1) is 5.92 Å². The Morgan fingerprint density at radius 1 is 0.871 bits per heavy atom. The van der Waals surface area contributed by atoms with Crippen molar-refractivity contribution in [1.29, 1.82) is 0 Å². The molecule has 0 bridgehead atoms. The first-order chi connectivity index (χ1) is 14.9. The fourth-order valence-electron chi connectivity index (χ4n) is 3.67. The summed E-state index contributed by atoms with van der Waals surface area (Å²) in [6, 6.07) is 18.9. The number of amides is 1. The van der Waals surface area contributed by atoms with Crippen LogP contribution in [-0.2, 0) is 10.0 Å². The van der Waals surface area contributed by atoms with Crippen molar-refractivity contribution in [2.45, 2.75) is 17.1 Å². The molecule has 1 aliphatic rings. The van der Waals surface area contributed by atoms with Gasteiger partial charge in [-0.15, -0.1) is 11.3 Å². The summed E-state index contributed by atoms with van der Waals surface area (Å²) < 4.78 is 27.4. The molecule has 8 heteroatoms. The molecule has 1 fully saturated rings. The lowest BCUT2D eigenvalue weighted by atomic mass is 9.88. The Kier molecular flexibility index (Phi) is 6.20. The number of nitrogens with zero attached hydrogens (tertiary/aromatic N) is 1. The first kappa shape index (κ1) is 21.3. The number of anilines is 1. The summed E-state index contributed by atoms with van der Waals surface area (Å²) in [7, 11) is -3.62. The predicted molar refractivity (Wildman–Crippen MR) is 121 cm³/mol. The molecule has 0 saturated carbocycles. The number of hydrogen-bond donors (Lipinski definition) is 1. The maximum Gasteiger partial charge on any atom is 0.271 e. The highest BCUT2D eigenvalue weighted by molar-refractivity contribution is 7.94. The molecule has 1 aliphatic heterocycles. The summed E-state index contributed by atoms with van der Waals surface area (Å²) in [5, 5.41) is 1.70. The van der Waals surface area contributed by atoms with Gasteiger partial charge in [0.25, 0.3) is 15.9 Å². The number of thiophene rings is 1. The van der Waals surface area contributed by atoms with E-state index in [4.69, 9.17) is 0 Å². The number of nitrogens with one attached hydrogen (secondary N) is 1. The molecule has 3 aromatic rings. The molecule has 2 heterocycles. The summed E-state index contributed by atoms with van der Waals surface area (Å²) in [4.78, 5) is 27.2. The number of hydrogen-bond acceptors (Lipinski definition) is 5. The largest absolute Gasteiger partial charge is 0.339 e. The molecule has 31 heavy (non-hydrogen) atoms. The van der Waals surface area contributed by atoms with Crippen molar-refractivity contribution in [2.75, 3.05) is 17.8 Å². The van der Waals surface area contributed by atoms with Gasteiger partial charge in [-0.05, 0) is 48.6 Å². The van der Waals surface area contributed by atoms with Gasteiger partial charge in [0.2, 0.25) is 0 Å². The van der Waals surface area contributed by atoms with E-state index >= 15 is 0 Å². The minimum absolute atomic E-state index is 0.0690. The zero-order chi connectivity index (χ0) is 21.8. The average molecular weight is 455 g/mol. The molecule has 1 amide bonds. The summed E-state index contributed by atoms with van der Waals surface area (Å²) in [6.07, 6.45) is 1.27. The highest BCUT2D eigenvalue weighted by atomic mass is 32.2. The number of benzene rings is 2. The van der Waals surface area contributed by atoms with Gasteiger partial charge in [-0.2, -0.15) is 0 Å². The summed E-state index contributed by atoms with van der Waals surface area (Å²) in [5.74, 6) is -0.0474. The van der Waals surface area contributed by atoms with Gasteiger partial charge in [0.1, 0.15) is 4.21 Å². The number of likely N-dealkylation sites (tertiary alicyclic amines) is 1. The Labute approximate surface area is 185 Å². The van der Waals surface area contributed by atoms with E-state index in [2.05, 4.69) is 4.72 Å². The van der Waals surface area contributed by atoms with Crippen molar-refractivity contribution in [3.05, 3.63) is 83.2 Å². The van der Waals surface area contributed by atoms with Crippen LogP contribution in [-0.4, -0.2) is 38.1 Å². The normalized spacial score (nSPS) is 14.9. The number of carbonyl (C=O) groups is 2. The third-order valence-corrected chi connectivity index (χ3v) is 8.13. The SMILES string of the molecule is O=C(c1ccccc1)C1CCN(C(=O)c2ccc(NS(=O)(=O)c3cccs3)cc2)CC1. The van der Waals surface area contributed by atoms with E-state index in [1.165, 1.54) is 6.07 Å². The van der Waals surface area contributed by atoms with Crippen molar-refractivity contribution in [1.82, 2.24) is 4.90 Å². The van der Waals surface area contributed by atoms with Gasteiger partial charge in [-0.25, -0.2) is 8.42 Å². The topological polar surface area (TPSA) is 83.6 Å².